The fourth-order valence-corrected chi connectivity index (χ4v) is 6.25. The Hall–Kier alpha value is 0.274. The Morgan fingerprint density at radius 2 is 0.897 bits per heavy atom. The highest BCUT2D eigenvalue weighted by Crippen LogP contribution is 2.13. The van der Waals surface area contributed by atoms with Crippen molar-refractivity contribution in [2.75, 3.05) is 26.4 Å². The van der Waals surface area contributed by atoms with Gasteiger partial charge in [0, 0.05) is 13.2 Å². The molecule has 0 aliphatic rings. The Balaban J connectivity index is 3.52. The van der Waals surface area contributed by atoms with Crippen LogP contribution in [0.4, 0.5) is 0 Å². The third kappa shape index (κ3) is 21.3. The topological polar surface area (TPSA) is 36.9 Å². The summed E-state index contributed by atoms with van der Waals surface area (Å²) in [5.41, 5.74) is 0. The molecule has 0 saturated carbocycles. The minimum Gasteiger partial charge on any atom is -0.425 e. The molecular weight excluding hydrogens is 396 g/mol. The largest absolute Gasteiger partial charge is 0.425 e. The van der Waals surface area contributed by atoms with Crippen molar-refractivity contribution in [3.05, 3.63) is 0 Å². The molecule has 0 heterocycles. The van der Waals surface area contributed by atoms with Crippen molar-refractivity contribution in [1.82, 2.24) is 0 Å². The highest BCUT2D eigenvalue weighted by atomic mass is 29.2. The fourth-order valence-electron chi connectivity index (χ4n) is 3.36. The molecule has 0 bridgehead atoms. The average Bonchev–Trinajstić information content (AvgIpc) is 2.74. The second-order valence-electron chi connectivity index (χ2n) is 8.13. The van der Waals surface area contributed by atoms with Crippen molar-refractivity contribution in [2.24, 2.45) is 0 Å². The van der Waals surface area contributed by atoms with Crippen LogP contribution in [0.2, 0.25) is 0 Å². The van der Waals surface area contributed by atoms with E-state index in [1.165, 1.54) is 77.0 Å². The Bertz CT molecular complexity index is 265. The van der Waals surface area contributed by atoms with Gasteiger partial charge in [0.05, 0.1) is 25.4 Å². The van der Waals surface area contributed by atoms with Crippen LogP contribution >= 0.6 is 0 Å². The molecule has 0 amide bonds. The second-order valence-corrected chi connectivity index (χ2v) is 12.2. The van der Waals surface area contributed by atoms with Crippen LogP contribution in [-0.4, -0.2) is 57.2 Å². The molecule has 0 aromatic rings. The summed E-state index contributed by atoms with van der Waals surface area (Å²) in [6.07, 6.45) is 16.9. The van der Waals surface area contributed by atoms with Gasteiger partial charge in [-0.2, -0.15) is 0 Å². The van der Waals surface area contributed by atoms with Crippen molar-refractivity contribution in [3.8, 4) is 0 Å². The van der Waals surface area contributed by atoms with Crippen molar-refractivity contribution < 1.29 is 18.3 Å². The van der Waals surface area contributed by atoms with Gasteiger partial charge in [0.25, 0.3) is 0 Å². The average molecular weight is 449 g/mol. The molecule has 4 nitrogen and oxygen atoms in total. The van der Waals surface area contributed by atoms with Crippen LogP contribution in [0.3, 0.4) is 0 Å². The third-order valence-electron chi connectivity index (χ3n) is 5.26. The minimum absolute atomic E-state index is 0.431. The van der Waals surface area contributed by atoms with Gasteiger partial charge in [0.1, 0.15) is 0 Å². The van der Waals surface area contributed by atoms with E-state index in [9.17, 15) is 0 Å². The van der Waals surface area contributed by atoms with Gasteiger partial charge in [-0.3, -0.25) is 0 Å². The lowest BCUT2D eigenvalue weighted by atomic mass is 10.1. The van der Waals surface area contributed by atoms with Gasteiger partial charge in [0.2, 0.25) is 0 Å². The lowest BCUT2D eigenvalue weighted by Crippen LogP contribution is -2.20. The summed E-state index contributed by atoms with van der Waals surface area (Å²) in [5, 5.41) is 0. The van der Waals surface area contributed by atoms with E-state index in [0.717, 1.165) is 32.8 Å². The number of rotatable bonds is 24. The Kier molecular flexibility index (Phi) is 24.8. The summed E-state index contributed by atoms with van der Waals surface area (Å²) in [6, 6.07) is 0. The first kappa shape index (κ1) is 29.3. The maximum Gasteiger partial charge on any atom is 0.175 e. The monoisotopic (exact) mass is 448 g/mol. The maximum atomic E-state index is 6.08. The van der Waals surface area contributed by atoms with Crippen LogP contribution in [0.25, 0.3) is 0 Å². The van der Waals surface area contributed by atoms with E-state index in [1.54, 1.807) is 0 Å². The molecule has 176 valence electrons. The molecule has 0 spiro atoms. The second kappa shape index (κ2) is 24.5. The van der Waals surface area contributed by atoms with Gasteiger partial charge in [0.15, 0.2) is 18.6 Å². The van der Waals surface area contributed by atoms with Crippen LogP contribution < -0.4 is 0 Å². The molecule has 0 aliphatic heterocycles. The first-order valence-electron chi connectivity index (χ1n) is 12.7. The summed E-state index contributed by atoms with van der Waals surface area (Å²) in [4.78, 5) is 0. The highest BCUT2D eigenvalue weighted by Gasteiger charge is 2.09. The van der Waals surface area contributed by atoms with E-state index in [1.807, 2.05) is 0 Å². The SMILES string of the molecule is CCCCC(CCCC)OCCCO[SiH2][SiH2]OCCOC(CCCC)CCCC. The van der Waals surface area contributed by atoms with Crippen molar-refractivity contribution in [1.29, 1.82) is 0 Å². The van der Waals surface area contributed by atoms with Crippen molar-refractivity contribution >= 4 is 18.6 Å². The molecule has 6 heteroatoms. The standard InChI is InChI=1S/C23H52O4Si2/c1-5-9-14-22(15-10-6-2)24-18-13-19-26-28-29-27-21-20-25-23(16-11-7-3)17-12-8-4/h22-23H,5-21,28-29H2,1-4H3. The number of ether oxygens (including phenoxy) is 2. The van der Waals surface area contributed by atoms with Gasteiger partial charge < -0.3 is 18.3 Å². The Labute approximate surface area is 186 Å². The predicted octanol–water partition coefficient (Wildman–Crippen LogP) is 5.02. The van der Waals surface area contributed by atoms with Gasteiger partial charge in [-0.25, -0.2) is 0 Å². The quantitative estimate of drug-likeness (QED) is 0.153. The number of unbranched alkanes of at least 4 members (excludes halogenated alkanes) is 4. The van der Waals surface area contributed by atoms with E-state index in [-0.39, 0.29) is 0 Å². The summed E-state index contributed by atoms with van der Waals surface area (Å²) >= 11 is 0. The van der Waals surface area contributed by atoms with Crippen molar-refractivity contribution in [3.63, 3.8) is 0 Å². The molecule has 0 atom stereocenters. The zero-order valence-corrected chi connectivity index (χ0v) is 23.1. The van der Waals surface area contributed by atoms with E-state index < -0.39 is 18.6 Å². The molecule has 0 aromatic heterocycles. The first-order chi connectivity index (χ1) is 14.3. The zero-order valence-electron chi connectivity index (χ0n) is 20.2. The van der Waals surface area contributed by atoms with E-state index >= 15 is 0 Å². The number of hydrogen-bond donors (Lipinski definition) is 0. The summed E-state index contributed by atoms with van der Waals surface area (Å²) in [5.74, 6) is 0. The molecule has 0 saturated heterocycles. The molecule has 0 aromatic carbocycles. The summed E-state index contributed by atoms with van der Waals surface area (Å²) in [7, 11) is -0.873. The number of hydrogen-bond acceptors (Lipinski definition) is 4. The van der Waals surface area contributed by atoms with E-state index in [2.05, 4.69) is 27.7 Å². The molecule has 0 fully saturated rings. The normalized spacial score (nSPS) is 12.6. The Morgan fingerprint density at radius 3 is 1.34 bits per heavy atom. The van der Waals surface area contributed by atoms with Crippen LogP contribution in [0.5, 0.6) is 0 Å². The highest BCUT2D eigenvalue weighted by molar-refractivity contribution is 6.93. The molecule has 0 unspecified atom stereocenters. The lowest BCUT2D eigenvalue weighted by Gasteiger charge is -2.18. The van der Waals surface area contributed by atoms with Gasteiger partial charge >= 0.3 is 0 Å². The van der Waals surface area contributed by atoms with Gasteiger partial charge in [-0.05, 0) is 32.1 Å². The molecule has 0 radical (unpaired) electrons. The van der Waals surface area contributed by atoms with Crippen molar-refractivity contribution in [2.45, 2.75) is 123 Å². The van der Waals surface area contributed by atoms with Crippen LogP contribution in [0, 0.1) is 0 Å². The first-order valence-corrected chi connectivity index (χ1v) is 17.8. The minimum atomic E-state index is -0.442. The molecule has 29 heavy (non-hydrogen) atoms. The third-order valence-corrected chi connectivity index (χ3v) is 8.81. The smallest absolute Gasteiger partial charge is 0.175 e. The van der Waals surface area contributed by atoms with Gasteiger partial charge in [-0.1, -0.05) is 79.1 Å². The molecule has 0 N–H and O–H groups in total. The van der Waals surface area contributed by atoms with E-state index in [4.69, 9.17) is 18.3 Å². The fraction of sp³-hybridized carbons (Fsp3) is 1.00. The summed E-state index contributed by atoms with van der Waals surface area (Å²) in [6.45, 7) is 12.2. The van der Waals surface area contributed by atoms with E-state index in [0.29, 0.717) is 12.2 Å². The molecule has 0 aliphatic carbocycles. The zero-order chi connectivity index (χ0) is 21.4. The maximum absolute atomic E-state index is 6.08. The summed E-state index contributed by atoms with van der Waals surface area (Å²) < 4.78 is 23.8. The molecule has 0 rings (SSSR count). The van der Waals surface area contributed by atoms with Crippen LogP contribution in [0.1, 0.15) is 111 Å². The van der Waals surface area contributed by atoms with Crippen LogP contribution in [-0.2, 0) is 18.3 Å². The lowest BCUT2D eigenvalue weighted by molar-refractivity contribution is 0.0224. The van der Waals surface area contributed by atoms with Crippen LogP contribution in [0.15, 0.2) is 0 Å². The van der Waals surface area contributed by atoms with Gasteiger partial charge in [-0.15, -0.1) is 0 Å². The Morgan fingerprint density at radius 1 is 0.483 bits per heavy atom. The predicted molar refractivity (Wildman–Crippen MR) is 131 cm³/mol. The molecular formula is C23H52O4Si2.